The lowest BCUT2D eigenvalue weighted by Gasteiger charge is -2.32. The Hall–Kier alpha value is -3.30. The first-order valence-electron chi connectivity index (χ1n) is 14.3. The molecule has 0 aromatic heterocycles. The summed E-state index contributed by atoms with van der Waals surface area (Å²) in [6, 6.07) is 7.70. The molecule has 10 heteroatoms. The summed E-state index contributed by atoms with van der Waals surface area (Å²) in [4.78, 5) is 50.0. The fourth-order valence-corrected chi connectivity index (χ4v) is 3.79. The second-order valence-electron chi connectivity index (χ2n) is 13.2. The second kappa shape index (κ2) is 16.2. The average molecular weight is 578 g/mol. The van der Waals surface area contributed by atoms with Crippen LogP contribution in [0.25, 0.3) is 0 Å². The van der Waals surface area contributed by atoms with Gasteiger partial charge in [-0.2, -0.15) is 0 Å². The molecule has 1 rings (SSSR count). The molecule has 0 radical (unpaired) electrons. The van der Waals surface area contributed by atoms with Crippen LogP contribution < -0.4 is 16.0 Å². The molecule has 0 bridgehead atoms. The zero-order valence-electron chi connectivity index (χ0n) is 26.3. The van der Waals surface area contributed by atoms with E-state index in [1.54, 1.807) is 41.5 Å². The van der Waals surface area contributed by atoms with Crippen LogP contribution in [0.1, 0.15) is 100.0 Å². The third-order valence-electron chi connectivity index (χ3n) is 5.81. The maximum Gasteiger partial charge on any atom is 0.407 e. The van der Waals surface area contributed by atoms with Crippen LogP contribution in [-0.4, -0.2) is 53.9 Å². The Kier molecular flexibility index (Phi) is 14.1. The lowest BCUT2D eigenvalue weighted by atomic mass is 9.84. The van der Waals surface area contributed by atoms with E-state index in [-0.39, 0.29) is 30.9 Å². The summed E-state index contributed by atoms with van der Waals surface area (Å²) in [6.45, 7) is 17.2. The number of nitrogens with one attached hydrogen (secondary N) is 3. The van der Waals surface area contributed by atoms with Gasteiger partial charge in [-0.15, -0.1) is 0 Å². The molecule has 0 spiro atoms. The first kappa shape index (κ1) is 35.7. The molecule has 0 aliphatic carbocycles. The molecule has 0 saturated carbocycles. The van der Waals surface area contributed by atoms with Crippen molar-refractivity contribution in [3.8, 4) is 0 Å². The van der Waals surface area contributed by atoms with Crippen LogP contribution in [-0.2, 0) is 30.4 Å². The van der Waals surface area contributed by atoms with E-state index >= 15 is 0 Å². The molecule has 10 nitrogen and oxygen atoms in total. The van der Waals surface area contributed by atoms with E-state index in [1.165, 1.54) is 0 Å². The minimum atomic E-state index is -1.02. The number of carbonyl (C=O) groups excluding carboxylic acids is 4. The number of benzene rings is 1. The SMILES string of the molecule is CC(C)(C)OC(=O)CC[C@H](NC(=O)N[C@@H](CCCCNC(=O)OCc1ccccc1)C(C)(C)C)C(=O)OC(C)(C)C. The molecule has 0 heterocycles. The number of hydrogen-bond acceptors (Lipinski definition) is 7. The molecule has 0 unspecified atom stereocenters. The standard InChI is InChI=1S/C31H51N3O7/c1-29(2,3)24(17-13-14-20-32-28(38)39-21-22-15-11-10-12-16-22)34-27(37)33-23(26(36)41-31(7,8)9)18-19-25(35)40-30(4,5)6/h10-12,15-16,23-24H,13-14,17-21H2,1-9H3,(H,32,38)(H2,33,34,37)/t23-,24-/m0/s1. The third kappa shape index (κ3) is 17.2. The van der Waals surface area contributed by atoms with Gasteiger partial charge in [0.25, 0.3) is 0 Å². The average Bonchev–Trinajstić information content (AvgIpc) is 2.82. The number of ether oxygens (including phenoxy) is 3. The first-order chi connectivity index (χ1) is 18.9. The number of alkyl carbamates (subject to hydrolysis) is 1. The molecular weight excluding hydrogens is 526 g/mol. The number of amides is 3. The van der Waals surface area contributed by atoms with E-state index in [4.69, 9.17) is 14.2 Å². The summed E-state index contributed by atoms with van der Waals surface area (Å²) >= 11 is 0. The van der Waals surface area contributed by atoms with Gasteiger partial charge in [0, 0.05) is 19.0 Å². The first-order valence-corrected chi connectivity index (χ1v) is 14.3. The van der Waals surface area contributed by atoms with Crippen molar-refractivity contribution >= 4 is 24.1 Å². The molecule has 41 heavy (non-hydrogen) atoms. The van der Waals surface area contributed by atoms with Crippen LogP contribution >= 0.6 is 0 Å². The highest BCUT2D eigenvalue weighted by Gasteiger charge is 2.31. The highest BCUT2D eigenvalue weighted by Crippen LogP contribution is 2.23. The van der Waals surface area contributed by atoms with Crippen molar-refractivity contribution in [2.24, 2.45) is 5.41 Å². The molecule has 1 aromatic carbocycles. The van der Waals surface area contributed by atoms with E-state index in [2.05, 4.69) is 16.0 Å². The van der Waals surface area contributed by atoms with E-state index in [0.717, 1.165) is 12.0 Å². The van der Waals surface area contributed by atoms with Gasteiger partial charge in [0.05, 0.1) is 0 Å². The van der Waals surface area contributed by atoms with Crippen molar-refractivity contribution in [2.45, 2.75) is 124 Å². The van der Waals surface area contributed by atoms with Crippen LogP contribution in [0.15, 0.2) is 30.3 Å². The minimum absolute atomic E-state index is 0.0451. The van der Waals surface area contributed by atoms with Gasteiger partial charge in [-0.05, 0) is 78.2 Å². The fraction of sp³-hybridized carbons (Fsp3) is 0.677. The molecule has 3 N–H and O–H groups in total. The number of carbonyl (C=O) groups is 4. The van der Waals surface area contributed by atoms with Gasteiger partial charge in [-0.25, -0.2) is 14.4 Å². The van der Waals surface area contributed by atoms with Crippen LogP contribution in [0.3, 0.4) is 0 Å². The lowest BCUT2D eigenvalue weighted by molar-refractivity contribution is -0.158. The molecular formula is C31H51N3O7. The highest BCUT2D eigenvalue weighted by atomic mass is 16.6. The van der Waals surface area contributed by atoms with Crippen LogP contribution in [0, 0.1) is 5.41 Å². The summed E-state index contributed by atoms with van der Waals surface area (Å²) in [7, 11) is 0. The summed E-state index contributed by atoms with van der Waals surface area (Å²) in [5.74, 6) is -1.08. The smallest absolute Gasteiger partial charge is 0.407 e. The summed E-state index contributed by atoms with van der Waals surface area (Å²) in [5.41, 5.74) is -0.757. The van der Waals surface area contributed by atoms with E-state index < -0.39 is 41.3 Å². The number of rotatable bonds is 13. The summed E-state index contributed by atoms with van der Waals surface area (Å²) < 4.78 is 16.0. The van der Waals surface area contributed by atoms with E-state index in [0.29, 0.717) is 19.4 Å². The van der Waals surface area contributed by atoms with Gasteiger partial charge >= 0.3 is 24.1 Å². The zero-order chi connectivity index (χ0) is 31.3. The number of unbranched alkanes of at least 4 members (excludes halogenated alkanes) is 1. The Morgan fingerprint density at radius 2 is 1.39 bits per heavy atom. The van der Waals surface area contributed by atoms with Crippen molar-refractivity contribution in [3.63, 3.8) is 0 Å². The van der Waals surface area contributed by atoms with Gasteiger partial charge in [-0.3, -0.25) is 4.79 Å². The summed E-state index contributed by atoms with van der Waals surface area (Å²) in [5, 5.41) is 8.43. The van der Waals surface area contributed by atoms with Crippen LogP contribution in [0.5, 0.6) is 0 Å². The quantitative estimate of drug-likeness (QED) is 0.157. The Morgan fingerprint density at radius 3 is 1.95 bits per heavy atom. The minimum Gasteiger partial charge on any atom is -0.460 e. The maximum atomic E-state index is 13.0. The molecule has 3 amide bonds. The van der Waals surface area contributed by atoms with Gasteiger partial charge in [0.2, 0.25) is 0 Å². The second-order valence-corrected chi connectivity index (χ2v) is 13.2. The third-order valence-corrected chi connectivity index (χ3v) is 5.81. The summed E-state index contributed by atoms with van der Waals surface area (Å²) in [6.07, 6.45) is 1.63. The number of hydrogen-bond donors (Lipinski definition) is 3. The van der Waals surface area contributed by atoms with E-state index in [9.17, 15) is 19.2 Å². The Morgan fingerprint density at radius 1 is 0.780 bits per heavy atom. The van der Waals surface area contributed by atoms with Crippen molar-refractivity contribution in [1.29, 1.82) is 0 Å². The molecule has 2 atom stereocenters. The predicted molar refractivity (Wildman–Crippen MR) is 158 cm³/mol. The largest absolute Gasteiger partial charge is 0.460 e. The van der Waals surface area contributed by atoms with E-state index in [1.807, 2.05) is 51.1 Å². The molecule has 1 aromatic rings. The van der Waals surface area contributed by atoms with Crippen molar-refractivity contribution in [1.82, 2.24) is 16.0 Å². The Labute approximate surface area is 245 Å². The topological polar surface area (TPSA) is 132 Å². The maximum absolute atomic E-state index is 13.0. The zero-order valence-corrected chi connectivity index (χ0v) is 26.3. The van der Waals surface area contributed by atoms with Crippen LogP contribution in [0.2, 0.25) is 0 Å². The number of esters is 2. The van der Waals surface area contributed by atoms with Gasteiger partial charge in [0.15, 0.2) is 0 Å². The van der Waals surface area contributed by atoms with Gasteiger partial charge in [0.1, 0.15) is 23.9 Å². The van der Waals surface area contributed by atoms with Gasteiger partial charge in [-0.1, -0.05) is 51.1 Å². The molecule has 0 saturated heterocycles. The fourth-order valence-electron chi connectivity index (χ4n) is 3.79. The predicted octanol–water partition coefficient (Wildman–Crippen LogP) is 5.63. The lowest BCUT2D eigenvalue weighted by Crippen LogP contribution is -2.53. The highest BCUT2D eigenvalue weighted by molar-refractivity contribution is 5.84. The molecule has 0 aliphatic heterocycles. The molecule has 0 fully saturated rings. The van der Waals surface area contributed by atoms with Gasteiger partial charge < -0.3 is 30.2 Å². The molecule has 0 aliphatic rings. The van der Waals surface area contributed by atoms with Crippen LogP contribution in [0.4, 0.5) is 9.59 Å². The normalized spacial score (nSPS) is 13.4. The van der Waals surface area contributed by atoms with Crippen molar-refractivity contribution in [3.05, 3.63) is 35.9 Å². The molecule has 232 valence electrons. The number of urea groups is 1. The van der Waals surface area contributed by atoms with Crippen molar-refractivity contribution < 1.29 is 33.4 Å². The Bertz CT molecular complexity index is 976. The monoisotopic (exact) mass is 577 g/mol. The Balaban J connectivity index is 2.62. The van der Waals surface area contributed by atoms with Crippen molar-refractivity contribution in [2.75, 3.05) is 6.54 Å².